The van der Waals surface area contributed by atoms with Gasteiger partial charge in [0.2, 0.25) is 5.91 Å². The van der Waals surface area contributed by atoms with Gasteiger partial charge in [-0.25, -0.2) is 0 Å². The fraction of sp³-hybridized carbons (Fsp3) is 0.462. The molecule has 98 valence electrons. The lowest BCUT2D eigenvalue weighted by atomic mass is 10.1. The molecule has 1 aliphatic rings. The molecule has 2 unspecified atom stereocenters. The number of nitrogens with two attached hydrogens (primary N) is 1. The van der Waals surface area contributed by atoms with Crippen LogP contribution in [-0.2, 0) is 4.79 Å². The Morgan fingerprint density at radius 2 is 2.22 bits per heavy atom. The molecule has 2 atom stereocenters. The number of rotatable bonds is 2. The smallest absolute Gasteiger partial charge is 0.246 e. The van der Waals surface area contributed by atoms with Crippen molar-refractivity contribution in [2.75, 3.05) is 25.0 Å². The van der Waals surface area contributed by atoms with E-state index in [0.717, 1.165) is 16.7 Å². The highest BCUT2D eigenvalue weighted by Gasteiger charge is 2.35. The average molecular weight is 312 g/mol. The number of hydrogen-bond acceptors (Lipinski definition) is 3. The zero-order valence-electron chi connectivity index (χ0n) is 10.6. The molecule has 4 nitrogen and oxygen atoms in total. The summed E-state index contributed by atoms with van der Waals surface area (Å²) in [6.07, 6.45) is 0. The van der Waals surface area contributed by atoms with Crippen molar-refractivity contribution in [3.8, 4) is 0 Å². The molecule has 1 saturated heterocycles. The van der Waals surface area contributed by atoms with Gasteiger partial charge in [-0.15, -0.1) is 0 Å². The molecule has 1 aromatic carbocycles. The summed E-state index contributed by atoms with van der Waals surface area (Å²) in [5, 5.41) is 0. The first-order chi connectivity index (χ1) is 8.54. The van der Waals surface area contributed by atoms with E-state index in [1.165, 1.54) is 0 Å². The van der Waals surface area contributed by atoms with E-state index < -0.39 is 0 Å². The molecule has 5 heteroatoms. The lowest BCUT2D eigenvalue weighted by molar-refractivity contribution is -0.134. The molecular formula is C13H18BrN3O. The summed E-state index contributed by atoms with van der Waals surface area (Å²) >= 11 is 3.46. The van der Waals surface area contributed by atoms with Gasteiger partial charge in [0.15, 0.2) is 0 Å². The number of anilines is 1. The van der Waals surface area contributed by atoms with Crippen molar-refractivity contribution >= 4 is 27.5 Å². The number of nitrogens with zero attached hydrogens (tertiary/aromatic N) is 2. The highest BCUT2D eigenvalue weighted by molar-refractivity contribution is 9.10. The molecule has 1 amide bonds. The lowest BCUT2D eigenvalue weighted by Gasteiger charge is -2.44. The van der Waals surface area contributed by atoms with Gasteiger partial charge in [-0.05, 0) is 25.1 Å². The van der Waals surface area contributed by atoms with Crippen LogP contribution in [0.1, 0.15) is 6.92 Å². The van der Waals surface area contributed by atoms with E-state index >= 15 is 0 Å². The molecule has 0 bridgehead atoms. The number of carbonyl (C=O) groups is 1. The van der Waals surface area contributed by atoms with Gasteiger partial charge in [0.05, 0.1) is 0 Å². The number of halogens is 1. The van der Waals surface area contributed by atoms with Gasteiger partial charge in [0, 0.05) is 36.3 Å². The first kappa shape index (κ1) is 13.4. The minimum absolute atomic E-state index is 0.0937. The molecule has 0 aliphatic carbocycles. The molecule has 0 aromatic heterocycles. The Hall–Kier alpha value is -1.07. The number of amides is 1. The van der Waals surface area contributed by atoms with Crippen LogP contribution in [0.25, 0.3) is 0 Å². The van der Waals surface area contributed by atoms with E-state index in [4.69, 9.17) is 5.73 Å². The van der Waals surface area contributed by atoms with Crippen molar-refractivity contribution in [1.29, 1.82) is 0 Å². The van der Waals surface area contributed by atoms with Gasteiger partial charge >= 0.3 is 0 Å². The number of piperazine rings is 1. The minimum Gasteiger partial charge on any atom is -0.356 e. The fourth-order valence-corrected chi connectivity index (χ4v) is 2.68. The normalized spacial score (nSPS) is 24.6. The molecule has 0 saturated carbocycles. The SMILES string of the molecule is CC1CN(c2cccc(Br)c2)C(CN)C(=O)N1C. The molecule has 0 radical (unpaired) electrons. The predicted octanol–water partition coefficient (Wildman–Crippen LogP) is 1.44. The summed E-state index contributed by atoms with van der Waals surface area (Å²) in [6, 6.07) is 7.91. The predicted molar refractivity (Wildman–Crippen MR) is 76.6 cm³/mol. The van der Waals surface area contributed by atoms with Gasteiger partial charge in [-0.3, -0.25) is 4.79 Å². The van der Waals surface area contributed by atoms with Crippen LogP contribution in [0.15, 0.2) is 28.7 Å². The Labute approximate surface area is 116 Å². The third kappa shape index (κ3) is 2.37. The van der Waals surface area contributed by atoms with Crippen molar-refractivity contribution in [3.63, 3.8) is 0 Å². The van der Waals surface area contributed by atoms with Crippen LogP contribution in [-0.4, -0.2) is 43.0 Å². The van der Waals surface area contributed by atoms with Crippen molar-refractivity contribution in [1.82, 2.24) is 4.90 Å². The second-order valence-electron chi connectivity index (χ2n) is 4.68. The topological polar surface area (TPSA) is 49.6 Å². The Balaban J connectivity index is 2.33. The molecule has 2 N–H and O–H groups in total. The third-order valence-corrected chi connectivity index (χ3v) is 3.99. The molecule has 1 fully saturated rings. The van der Waals surface area contributed by atoms with Crippen molar-refractivity contribution in [2.24, 2.45) is 5.73 Å². The number of likely N-dealkylation sites (N-methyl/N-ethyl adjacent to an activating group) is 1. The van der Waals surface area contributed by atoms with Crippen LogP contribution in [0.3, 0.4) is 0 Å². The van der Waals surface area contributed by atoms with Gasteiger partial charge in [-0.1, -0.05) is 22.0 Å². The summed E-state index contributed by atoms with van der Waals surface area (Å²) in [7, 11) is 1.84. The maximum absolute atomic E-state index is 12.2. The maximum Gasteiger partial charge on any atom is 0.246 e. The minimum atomic E-state index is -0.263. The average Bonchev–Trinajstić information content (AvgIpc) is 2.35. The van der Waals surface area contributed by atoms with Crippen LogP contribution in [0, 0.1) is 0 Å². The standard InChI is InChI=1S/C13H18BrN3O/c1-9-8-17(11-5-3-4-10(14)6-11)12(7-15)13(18)16(9)2/h3-6,9,12H,7-8,15H2,1-2H3. The second kappa shape index (κ2) is 5.28. The number of hydrogen-bond donors (Lipinski definition) is 1. The Kier molecular flexibility index (Phi) is 3.92. The fourth-order valence-electron chi connectivity index (χ4n) is 2.29. The molecule has 1 aliphatic heterocycles. The summed E-state index contributed by atoms with van der Waals surface area (Å²) in [6.45, 7) is 3.19. The second-order valence-corrected chi connectivity index (χ2v) is 5.60. The molecule has 2 rings (SSSR count). The molecule has 0 spiro atoms. The van der Waals surface area contributed by atoms with Crippen LogP contribution in [0.2, 0.25) is 0 Å². The van der Waals surface area contributed by atoms with Crippen LogP contribution in [0.5, 0.6) is 0 Å². The van der Waals surface area contributed by atoms with Gasteiger partial charge in [-0.2, -0.15) is 0 Å². The summed E-state index contributed by atoms with van der Waals surface area (Å²) < 4.78 is 1.01. The van der Waals surface area contributed by atoms with Gasteiger partial charge < -0.3 is 15.5 Å². The molecule has 18 heavy (non-hydrogen) atoms. The Morgan fingerprint density at radius 3 is 2.83 bits per heavy atom. The number of benzene rings is 1. The van der Waals surface area contributed by atoms with E-state index in [1.807, 2.05) is 31.3 Å². The number of carbonyl (C=O) groups excluding carboxylic acids is 1. The van der Waals surface area contributed by atoms with E-state index in [2.05, 4.69) is 27.8 Å². The van der Waals surface area contributed by atoms with E-state index in [-0.39, 0.29) is 18.0 Å². The Bertz CT molecular complexity index is 452. The first-order valence-electron chi connectivity index (χ1n) is 6.03. The van der Waals surface area contributed by atoms with Crippen LogP contribution in [0.4, 0.5) is 5.69 Å². The highest BCUT2D eigenvalue weighted by Crippen LogP contribution is 2.25. The van der Waals surface area contributed by atoms with Crippen molar-refractivity contribution in [2.45, 2.75) is 19.0 Å². The molecule has 1 aromatic rings. The van der Waals surface area contributed by atoms with Gasteiger partial charge in [0.25, 0.3) is 0 Å². The van der Waals surface area contributed by atoms with Gasteiger partial charge in [0.1, 0.15) is 6.04 Å². The summed E-state index contributed by atoms with van der Waals surface area (Å²) in [5.41, 5.74) is 6.80. The van der Waals surface area contributed by atoms with E-state index in [9.17, 15) is 4.79 Å². The van der Waals surface area contributed by atoms with Crippen molar-refractivity contribution in [3.05, 3.63) is 28.7 Å². The lowest BCUT2D eigenvalue weighted by Crippen LogP contribution is -2.62. The zero-order valence-corrected chi connectivity index (χ0v) is 12.2. The maximum atomic E-state index is 12.2. The van der Waals surface area contributed by atoms with Crippen LogP contribution < -0.4 is 10.6 Å². The Morgan fingerprint density at radius 1 is 1.50 bits per heavy atom. The van der Waals surface area contributed by atoms with E-state index in [1.54, 1.807) is 4.90 Å². The largest absolute Gasteiger partial charge is 0.356 e. The quantitative estimate of drug-likeness (QED) is 0.899. The van der Waals surface area contributed by atoms with Crippen LogP contribution >= 0.6 is 15.9 Å². The van der Waals surface area contributed by atoms with Crippen molar-refractivity contribution < 1.29 is 4.79 Å². The molecular weight excluding hydrogens is 294 g/mol. The zero-order chi connectivity index (χ0) is 13.3. The summed E-state index contributed by atoms with van der Waals surface area (Å²) in [4.78, 5) is 16.1. The third-order valence-electron chi connectivity index (χ3n) is 3.49. The monoisotopic (exact) mass is 311 g/mol. The highest BCUT2D eigenvalue weighted by atomic mass is 79.9. The first-order valence-corrected chi connectivity index (χ1v) is 6.83. The van der Waals surface area contributed by atoms with E-state index in [0.29, 0.717) is 6.54 Å². The summed E-state index contributed by atoms with van der Waals surface area (Å²) in [5.74, 6) is 0.0937. The molecule has 1 heterocycles.